The molecule has 8 heteroatoms. The van der Waals surface area contributed by atoms with E-state index in [1.54, 1.807) is 26.2 Å². The average Bonchev–Trinajstić information content (AvgIpc) is 2.36. The van der Waals surface area contributed by atoms with Gasteiger partial charge in [-0.1, -0.05) is 12.1 Å². The van der Waals surface area contributed by atoms with Crippen molar-refractivity contribution in [3.05, 3.63) is 29.8 Å². The van der Waals surface area contributed by atoms with E-state index < -0.39 is 22.1 Å². The van der Waals surface area contributed by atoms with Gasteiger partial charge in [-0.15, -0.1) is 0 Å². The van der Waals surface area contributed by atoms with Gasteiger partial charge in [0.2, 0.25) is 10.0 Å². The molecule has 0 aliphatic carbocycles. The fourth-order valence-corrected chi connectivity index (χ4v) is 2.17. The summed E-state index contributed by atoms with van der Waals surface area (Å²) in [5.74, 6) is -1.14. The Morgan fingerprint density at radius 1 is 1.24 bits per heavy atom. The van der Waals surface area contributed by atoms with Crippen LogP contribution in [0.1, 0.15) is 17.3 Å². The second kappa shape index (κ2) is 6.57. The number of hydrogen-bond acceptors (Lipinski definition) is 5. The molecule has 0 aromatic heterocycles. The SMILES string of the molecule is C[C@@H](OC(=O)c1ccccc1NS(C)(=O)=O)C(=O)N(C)C. The Balaban J connectivity index is 2.96. The molecule has 21 heavy (non-hydrogen) atoms. The lowest BCUT2D eigenvalue weighted by Crippen LogP contribution is -2.35. The van der Waals surface area contributed by atoms with E-state index in [1.807, 2.05) is 0 Å². The number of ether oxygens (including phenoxy) is 1. The number of anilines is 1. The Kier molecular flexibility index (Phi) is 5.31. The van der Waals surface area contributed by atoms with Gasteiger partial charge in [-0.3, -0.25) is 9.52 Å². The zero-order valence-corrected chi connectivity index (χ0v) is 13.1. The number of sulfonamides is 1. The van der Waals surface area contributed by atoms with Crippen molar-refractivity contribution >= 4 is 27.6 Å². The number of nitrogens with one attached hydrogen (secondary N) is 1. The minimum atomic E-state index is -3.52. The molecule has 1 atom stereocenters. The third-order valence-corrected chi connectivity index (χ3v) is 3.11. The van der Waals surface area contributed by atoms with Gasteiger partial charge in [0.25, 0.3) is 5.91 Å². The highest BCUT2D eigenvalue weighted by Gasteiger charge is 2.22. The van der Waals surface area contributed by atoms with Gasteiger partial charge in [0.05, 0.1) is 17.5 Å². The van der Waals surface area contributed by atoms with Crippen molar-refractivity contribution in [1.29, 1.82) is 0 Å². The lowest BCUT2D eigenvalue weighted by Gasteiger charge is -2.18. The van der Waals surface area contributed by atoms with Crippen LogP contribution in [0, 0.1) is 0 Å². The fraction of sp³-hybridized carbons (Fsp3) is 0.385. The maximum atomic E-state index is 12.1. The number of rotatable bonds is 5. The molecular weight excluding hydrogens is 296 g/mol. The van der Waals surface area contributed by atoms with E-state index in [0.717, 1.165) is 6.26 Å². The molecule has 0 bridgehead atoms. The molecule has 1 rings (SSSR count). The zero-order chi connectivity index (χ0) is 16.2. The maximum Gasteiger partial charge on any atom is 0.341 e. The van der Waals surface area contributed by atoms with E-state index >= 15 is 0 Å². The molecule has 116 valence electrons. The lowest BCUT2D eigenvalue weighted by molar-refractivity contribution is -0.137. The molecule has 0 unspecified atom stereocenters. The number of likely N-dealkylation sites (N-methyl/N-ethyl adjacent to an activating group) is 1. The van der Waals surface area contributed by atoms with Crippen molar-refractivity contribution in [1.82, 2.24) is 4.90 Å². The van der Waals surface area contributed by atoms with Gasteiger partial charge in [-0.25, -0.2) is 13.2 Å². The molecule has 0 saturated carbocycles. The van der Waals surface area contributed by atoms with E-state index in [1.165, 1.54) is 24.0 Å². The molecule has 0 saturated heterocycles. The normalized spacial score (nSPS) is 12.4. The molecular formula is C13H18N2O5S. The molecule has 0 aliphatic rings. The van der Waals surface area contributed by atoms with Crippen molar-refractivity contribution in [3.8, 4) is 0 Å². The molecule has 0 spiro atoms. The van der Waals surface area contributed by atoms with Crippen LogP contribution in [-0.4, -0.2) is 51.6 Å². The molecule has 0 fully saturated rings. The van der Waals surface area contributed by atoms with Crippen LogP contribution in [0.15, 0.2) is 24.3 Å². The third kappa shape index (κ3) is 5.07. The number of benzene rings is 1. The maximum absolute atomic E-state index is 12.1. The second-order valence-electron chi connectivity index (χ2n) is 4.70. The van der Waals surface area contributed by atoms with Crippen LogP contribution in [0.2, 0.25) is 0 Å². The second-order valence-corrected chi connectivity index (χ2v) is 6.45. The van der Waals surface area contributed by atoms with E-state index in [-0.39, 0.29) is 17.2 Å². The van der Waals surface area contributed by atoms with Gasteiger partial charge >= 0.3 is 5.97 Å². The van der Waals surface area contributed by atoms with Crippen LogP contribution in [0.4, 0.5) is 5.69 Å². The van der Waals surface area contributed by atoms with E-state index in [4.69, 9.17) is 4.74 Å². The first-order valence-electron chi connectivity index (χ1n) is 6.11. The summed E-state index contributed by atoms with van der Waals surface area (Å²) in [5, 5.41) is 0. The Morgan fingerprint density at radius 3 is 2.33 bits per heavy atom. The first kappa shape index (κ1) is 17.0. The van der Waals surface area contributed by atoms with Gasteiger partial charge in [-0.2, -0.15) is 0 Å². The van der Waals surface area contributed by atoms with Crippen LogP contribution in [0.25, 0.3) is 0 Å². The molecule has 0 aliphatic heterocycles. The summed E-state index contributed by atoms with van der Waals surface area (Å²) in [5.41, 5.74) is 0.149. The third-order valence-electron chi connectivity index (χ3n) is 2.51. The van der Waals surface area contributed by atoms with Crippen molar-refractivity contribution in [2.24, 2.45) is 0 Å². The van der Waals surface area contributed by atoms with Crippen LogP contribution in [-0.2, 0) is 19.6 Å². The number of nitrogens with zero attached hydrogens (tertiary/aromatic N) is 1. The zero-order valence-electron chi connectivity index (χ0n) is 12.3. The Bertz CT molecular complexity index is 640. The fourth-order valence-electron chi connectivity index (χ4n) is 1.59. The molecule has 1 N–H and O–H groups in total. The van der Waals surface area contributed by atoms with Gasteiger partial charge in [0, 0.05) is 14.1 Å². The van der Waals surface area contributed by atoms with Gasteiger partial charge in [0.15, 0.2) is 6.10 Å². The standard InChI is InChI=1S/C13H18N2O5S/c1-9(12(16)15(2)3)20-13(17)10-7-5-6-8-11(10)14-21(4,18)19/h5-9,14H,1-4H3/t9-/m1/s1. The molecule has 1 amide bonds. The molecule has 0 radical (unpaired) electrons. The first-order chi connectivity index (χ1) is 9.61. The predicted molar refractivity (Wildman–Crippen MR) is 78.5 cm³/mol. The van der Waals surface area contributed by atoms with Crippen molar-refractivity contribution in [2.75, 3.05) is 25.1 Å². The van der Waals surface area contributed by atoms with E-state index in [0.29, 0.717) is 0 Å². The van der Waals surface area contributed by atoms with Gasteiger partial charge < -0.3 is 9.64 Å². The molecule has 7 nitrogen and oxygen atoms in total. The number of hydrogen-bond donors (Lipinski definition) is 1. The predicted octanol–water partition coefficient (Wildman–Crippen LogP) is 0.692. The van der Waals surface area contributed by atoms with Gasteiger partial charge in [-0.05, 0) is 19.1 Å². The van der Waals surface area contributed by atoms with E-state index in [9.17, 15) is 18.0 Å². The van der Waals surface area contributed by atoms with Crippen LogP contribution < -0.4 is 4.72 Å². The van der Waals surface area contributed by atoms with Crippen LogP contribution in [0.3, 0.4) is 0 Å². The number of carbonyl (C=O) groups is 2. The number of amides is 1. The largest absolute Gasteiger partial charge is 0.449 e. The lowest BCUT2D eigenvalue weighted by atomic mass is 10.2. The Hall–Kier alpha value is -2.09. The van der Waals surface area contributed by atoms with Crippen molar-refractivity contribution in [2.45, 2.75) is 13.0 Å². The summed E-state index contributed by atoms with van der Waals surface area (Å²) in [4.78, 5) is 25.0. The Morgan fingerprint density at radius 2 is 1.81 bits per heavy atom. The average molecular weight is 314 g/mol. The number of carbonyl (C=O) groups excluding carboxylic acids is 2. The van der Waals surface area contributed by atoms with Crippen molar-refractivity contribution < 1.29 is 22.7 Å². The van der Waals surface area contributed by atoms with Crippen LogP contribution >= 0.6 is 0 Å². The molecule has 1 aromatic rings. The monoisotopic (exact) mass is 314 g/mol. The quantitative estimate of drug-likeness (QED) is 0.807. The highest BCUT2D eigenvalue weighted by molar-refractivity contribution is 7.92. The first-order valence-corrected chi connectivity index (χ1v) is 8.00. The summed E-state index contributed by atoms with van der Waals surface area (Å²) in [6, 6.07) is 6.01. The minimum Gasteiger partial charge on any atom is -0.449 e. The smallest absolute Gasteiger partial charge is 0.341 e. The molecule has 1 aromatic carbocycles. The van der Waals surface area contributed by atoms with Crippen molar-refractivity contribution in [3.63, 3.8) is 0 Å². The molecule has 0 heterocycles. The summed E-state index contributed by atoms with van der Waals surface area (Å²) < 4.78 is 29.8. The highest BCUT2D eigenvalue weighted by Crippen LogP contribution is 2.18. The highest BCUT2D eigenvalue weighted by atomic mass is 32.2. The summed E-state index contributed by atoms with van der Waals surface area (Å²) in [6.07, 6.45) is 0.0200. The number of esters is 1. The van der Waals surface area contributed by atoms with Gasteiger partial charge in [0.1, 0.15) is 0 Å². The van der Waals surface area contributed by atoms with E-state index in [2.05, 4.69) is 4.72 Å². The Labute approximate surface area is 123 Å². The summed E-state index contributed by atoms with van der Waals surface area (Å²) in [6.45, 7) is 1.45. The van der Waals surface area contributed by atoms with Crippen LogP contribution in [0.5, 0.6) is 0 Å². The number of para-hydroxylation sites is 1. The topological polar surface area (TPSA) is 92.8 Å². The summed E-state index contributed by atoms with van der Waals surface area (Å²) >= 11 is 0. The minimum absolute atomic E-state index is 0.0429. The summed E-state index contributed by atoms with van der Waals surface area (Å²) in [7, 11) is -0.429.